The molecule has 0 amide bonds. The molecule has 2 heteroatoms. The minimum Gasteiger partial charge on any atom is -0.508 e. The van der Waals surface area contributed by atoms with Crippen LogP contribution in [0.15, 0.2) is 18.2 Å². The van der Waals surface area contributed by atoms with Gasteiger partial charge >= 0.3 is 0 Å². The highest BCUT2D eigenvalue weighted by Gasteiger charge is 2.33. The molecule has 0 fully saturated rings. The lowest BCUT2D eigenvalue weighted by molar-refractivity contribution is 0.0689. The molecule has 0 aliphatic heterocycles. The Morgan fingerprint density at radius 1 is 0.889 bits per heavy atom. The first kappa shape index (κ1) is 28.8. The number of phenols is 1. The molecule has 36 heavy (non-hydrogen) atoms. The third kappa shape index (κ3) is 6.18. The van der Waals surface area contributed by atoms with Crippen LogP contribution in [0.25, 0.3) is 0 Å². The van der Waals surface area contributed by atoms with E-state index in [1.54, 1.807) is 0 Å². The minimum atomic E-state index is 0. The average molecular weight is 829 g/mol. The van der Waals surface area contributed by atoms with Crippen LogP contribution in [0.2, 0.25) is 0 Å². The SMILES string of the molecule is [2H]Oc1cc(C)c(C(C)(C)C)c(C)c1[C@H](CC(C)N(C(C)CC)C(C)C(C)C)c1ccc(C)c(C)c1C.[HH].[HH].[HH].[HH].[HH].[HH].[HH].[HH].[HH].[HH].[HH].[HH].[HH].[HH].[HH].[HH].[HH].[HH].[HH].[HH].[HH].[HH].[HH].[HH].[HH].[HH].[HH].[HH].[HH].[HH].[HH].[HH].[HH].[HH].[HH].[HH].[HH].[HH].[HH].[HH].[HH].[HH].[HH].[HH].[HH].[HH].[HH].[HH].[HH].[HH].[HH].[HH].[HH].[HH].[HH].[HH].[HH].[HH].[HH].[HH].[HH].[HH].[HH].[HH].[HH].[HH].[HH].[HH].[HH].[HH].[HH].[HH].[HH].[HH].[HH].[HH].[HH].[HH].[HH].[HH].[HH].[HH].[HH].[HH].[HH].[HH].[HH].[HH].[HH].[HH].[HH].[HH].[HH].[HH].[HH].[HH].[HH].[HH].[HH].[HH].[HH].[HH].[HH].[HH].[HH].[HH].[HH].[HH].[HH].[HH].[HH].[HH].[HH].[HH].[HH].[HH].[HH].[HH].[HH].[HH].[HH].[HH].[HH].[HH].[HH].[HH].[HH].[HH].[HH].[HH].[HH].[HH].[HH].[HH].[HH].[HH].[HH].[HH].[HH].[HH].[HH].[HH].[HH].[HH].[HH].[HH].[HH].[HH].[HH].[HH].[HH].[HH].[HH].[HH].[HH].[HH].[HH].[HH].[HH].[HH].[HH].[HH].[HH].[HH].[HH].[HH]. The largest absolute Gasteiger partial charge is 0.508 e. The van der Waals surface area contributed by atoms with Crippen LogP contribution in [0.5, 0.6) is 5.75 Å². The summed E-state index contributed by atoms with van der Waals surface area (Å²) < 4.78 is 8.07. The molecule has 0 saturated heterocycles. The van der Waals surface area contributed by atoms with Crippen LogP contribution in [0.1, 0.15) is 362 Å². The molecule has 0 bridgehead atoms. The third-order valence-corrected chi connectivity index (χ3v) is 8.98. The number of phenolic OH excluding ortho intramolecular Hbond substituents is 1. The summed E-state index contributed by atoms with van der Waals surface area (Å²) in [6, 6.07) is 8.07. The summed E-state index contributed by atoms with van der Waals surface area (Å²) in [5.74, 6) is 1.42. The Bertz CT molecular complexity index is 1190. The van der Waals surface area contributed by atoms with E-state index in [0.717, 1.165) is 12.8 Å². The van der Waals surface area contributed by atoms with Gasteiger partial charge in [0, 0.05) is 266 Å². The van der Waals surface area contributed by atoms with Crippen molar-refractivity contribution in [1.29, 1.82) is 1.43 Å². The van der Waals surface area contributed by atoms with E-state index in [0.29, 0.717) is 29.8 Å². The molecule has 0 aliphatic rings. The molecule has 2 rings (SSSR count). The summed E-state index contributed by atoms with van der Waals surface area (Å²) in [4.78, 5) is 2.74. The molecular weight excluding hydrogens is 438 g/mol. The molecular formula is C34H387NO. The van der Waals surface area contributed by atoms with E-state index < -0.39 is 0 Å². The number of nitrogens with zero attached hydrogens (tertiary/aromatic N) is 1. The molecule has 4 atom stereocenters. The maximum atomic E-state index is 8.07. The Balaban J connectivity index is -0.000000000534. The molecule has 2 aromatic rings. The second-order valence-electron chi connectivity index (χ2n) is 12.9. The van der Waals surface area contributed by atoms with E-state index in [1.807, 2.05) is 0 Å². The van der Waals surface area contributed by atoms with Gasteiger partial charge in [-0.3, -0.25) is 4.90 Å². The molecule has 1 N–H and O–H groups in total. The summed E-state index contributed by atoms with van der Waals surface area (Å²) in [5.41, 5.74) is 10.5. The highest BCUT2D eigenvalue weighted by molar-refractivity contribution is 5.56. The molecule has 534 valence electrons. The van der Waals surface area contributed by atoms with Crippen molar-refractivity contribution in [2.75, 3.05) is 0 Å². The molecule has 0 saturated carbocycles. The van der Waals surface area contributed by atoms with Crippen LogP contribution in [-0.4, -0.2) is 29.6 Å². The number of hydrogen-bond acceptors (Lipinski definition) is 2. The van der Waals surface area contributed by atoms with Gasteiger partial charge < -0.3 is 5.11 Å². The maximum absolute atomic E-state index is 8.07. The molecule has 0 heterocycles. The van der Waals surface area contributed by atoms with Crippen molar-refractivity contribution in [3.05, 3.63) is 62.7 Å². The quantitative estimate of drug-likeness (QED) is 0.258. The lowest BCUT2D eigenvalue weighted by Gasteiger charge is -2.43. The molecule has 0 radical (unpaired) electrons. The van der Waals surface area contributed by atoms with Crippen LogP contribution in [0, 0.1) is 40.5 Å². The van der Waals surface area contributed by atoms with Crippen LogP contribution in [0.3, 0.4) is 0 Å². The maximum Gasteiger partial charge on any atom is 0.293 e. The monoisotopic (exact) mass is 829 g/mol. The van der Waals surface area contributed by atoms with E-state index >= 15 is 0 Å². The molecule has 0 aromatic heterocycles. The predicted molar refractivity (Wildman–Crippen MR) is 510 cm³/mol. The Kier molecular flexibility index (Phi) is 9.36. The standard InChI is InChI=1S/C34H55NO.166H2/c1-15-23(6)35(28(11)20(2)3)24(7)19-30(29-17-16-21(4)25(8)26(29)9)32-27(10)33(34(12,13)14)22(5)18-31(32)36;;;;;;;;;;;;;;;;;;;;;;;;;;;;;;;;;;;;;;;;;;;;;;;;;;;;;;;;;;;;;;;;;;;;;;;;;;;;;;;;;;;;;;;;;;;;;;;;;;;;;;;;;;;;;;;;;;;;;;;;;;;;;;;;;;;;;;;;;;;;;;;;;;;;;;;;;;;;;;;;;;;;;;/h16-18,20,23-24,28,30,36H,15,19H2,1-14H3;166*1H/t23?,24?,28?,30-;;;;;;;;;;;;;;;;;;;;;;;;;;;;;;;;;;;;;;;;;;;;;;;;;;;;;;;;;;;;;;;;;;;;;;;;;;;;;;;;;;;;;;;;;;;;;;;;;;;;;;;;;;;;;;;;;;;;;;;;;;;;;;;;;;;;;;;;;;;;;;;;;;;;;;;;;;;;;;;;;;;;;;/m1....................................................................................................................................................................../s1/i/hD. The number of benzene rings is 2. The lowest BCUT2D eigenvalue weighted by Crippen LogP contribution is -2.48. The molecule has 0 spiro atoms. The summed E-state index contributed by atoms with van der Waals surface area (Å²) in [6.07, 6.45) is 2.11. The molecule has 3 unspecified atom stereocenters. The van der Waals surface area contributed by atoms with Gasteiger partial charge in [-0.1, -0.05) is 53.7 Å². The van der Waals surface area contributed by atoms with Gasteiger partial charge in [-0.2, -0.15) is 0 Å². The number of aryl methyl sites for hydroxylation is 2. The topological polar surface area (TPSA) is 23.5 Å². The van der Waals surface area contributed by atoms with Crippen molar-refractivity contribution >= 4 is 0 Å². The third-order valence-electron chi connectivity index (χ3n) is 8.98. The normalized spacial score (nSPS) is 16.2. The minimum absolute atomic E-state index is 0. The van der Waals surface area contributed by atoms with E-state index in [4.69, 9.17) is 6.54 Å². The van der Waals surface area contributed by atoms with E-state index in [9.17, 15) is 0 Å². The fourth-order valence-corrected chi connectivity index (χ4v) is 6.56. The first-order chi connectivity index (χ1) is 17.1. The zero-order chi connectivity index (χ0) is 28.4. The smallest absolute Gasteiger partial charge is 0.293 e. The first-order valence-corrected chi connectivity index (χ1v) is 14.2. The fourth-order valence-electron chi connectivity index (χ4n) is 6.56. The zero-order valence-electron chi connectivity index (χ0n) is 26.9. The van der Waals surface area contributed by atoms with Gasteiger partial charge in [-0.25, -0.2) is 0 Å². The summed E-state index contributed by atoms with van der Waals surface area (Å²) in [7, 11) is 0. The summed E-state index contributed by atoms with van der Waals surface area (Å²) in [6.45, 7) is 32.1. The first-order valence-electron chi connectivity index (χ1n) is 14.6. The lowest BCUT2D eigenvalue weighted by atomic mass is 9.74. The highest BCUT2D eigenvalue weighted by atomic mass is 16.3. The second-order valence-corrected chi connectivity index (χ2v) is 12.9. The van der Waals surface area contributed by atoms with Crippen LogP contribution in [0.4, 0.5) is 0 Å². The van der Waals surface area contributed by atoms with Gasteiger partial charge in [0.1, 0.15) is 5.75 Å². The van der Waals surface area contributed by atoms with E-state index in [-0.39, 0.29) is 248 Å². The Morgan fingerprint density at radius 3 is 2.00 bits per heavy atom. The van der Waals surface area contributed by atoms with Gasteiger partial charge in [0.25, 0.3) is 1.43 Å². The number of hydrogen-bond donors (Lipinski definition) is 1. The van der Waals surface area contributed by atoms with Gasteiger partial charge in [0.2, 0.25) is 0 Å². The Hall–Kier alpha value is -1.80. The van der Waals surface area contributed by atoms with Crippen molar-refractivity contribution < 1.29 is 242 Å². The van der Waals surface area contributed by atoms with Crippen molar-refractivity contribution in [2.24, 2.45) is 5.92 Å². The van der Waals surface area contributed by atoms with Gasteiger partial charge in [0.05, 0.1) is 0 Å². The Morgan fingerprint density at radius 2 is 1.50 bits per heavy atom. The van der Waals surface area contributed by atoms with Crippen molar-refractivity contribution in [3.8, 4) is 5.75 Å². The summed E-state index contributed by atoms with van der Waals surface area (Å²) >= 11 is 0. The molecule has 2 aromatic carbocycles. The Labute approximate surface area is 471 Å². The predicted octanol–water partition coefficient (Wildman–Crippen LogP) is 50.1. The van der Waals surface area contributed by atoms with Gasteiger partial charge in [-0.15, -0.1) is 0 Å². The fraction of sp³-hybridized carbons (Fsp3) is 0.647. The average Bonchev–Trinajstić information content (AvgIpc) is 2.80. The molecule has 0 aliphatic carbocycles. The van der Waals surface area contributed by atoms with Crippen molar-refractivity contribution in [1.82, 2.24) is 4.90 Å². The van der Waals surface area contributed by atoms with Crippen LogP contribution >= 0.6 is 0 Å². The van der Waals surface area contributed by atoms with Crippen molar-refractivity contribution in [2.45, 2.75) is 139 Å². The zero-order valence-corrected chi connectivity index (χ0v) is 25.9. The number of rotatable bonds is 10. The highest BCUT2D eigenvalue weighted by Crippen LogP contribution is 2.44. The summed E-state index contributed by atoms with van der Waals surface area (Å²) in [5, 5.41) is 5.40. The van der Waals surface area contributed by atoms with Crippen molar-refractivity contribution in [3.63, 3.8) is 0 Å². The second kappa shape index (κ2) is 11.7. The van der Waals surface area contributed by atoms with Gasteiger partial charge in [-0.05, 0) is 125 Å². The number of aromatic hydroxyl groups is 1. The van der Waals surface area contributed by atoms with E-state index in [2.05, 4.69) is 120 Å². The van der Waals surface area contributed by atoms with Gasteiger partial charge in [0.15, 0.2) is 0 Å². The molecule has 2 nitrogen and oxygen atoms in total. The van der Waals surface area contributed by atoms with Crippen LogP contribution < -0.4 is 0 Å². The van der Waals surface area contributed by atoms with Crippen LogP contribution in [-0.2, 0) is 5.41 Å². The van der Waals surface area contributed by atoms with E-state index in [1.165, 1.54) is 44.5 Å².